The van der Waals surface area contributed by atoms with E-state index in [2.05, 4.69) is 21.2 Å². The summed E-state index contributed by atoms with van der Waals surface area (Å²) in [5, 5.41) is 2.73. The van der Waals surface area contributed by atoms with Crippen molar-refractivity contribution in [1.29, 1.82) is 0 Å². The first-order chi connectivity index (χ1) is 9.35. The zero-order valence-corrected chi connectivity index (χ0v) is 13.8. The molecule has 0 aliphatic rings. The molecule has 1 aromatic carbocycles. The molecule has 0 saturated carbocycles. The van der Waals surface area contributed by atoms with Gasteiger partial charge >= 0.3 is 5.97 Å². The number of rotatable bonds is 5. The molecule has 0 spiro atoms. The average molecular weight is 342 g/mol. The fraction of sp³-hybridized carbons (Fsp3) is 0.467. The van der Waals surface area contributed by atoms with Crippen LogP contribution >= 0.6 is 15.9 Å². The Morgan fingerprint density at radius 3 is 2.50 bits per heavy atom. The van der Waals surface area contributed by atoms with Crippen molar-refractivity contribution in [1.82, 2.24) is 5.32 Å². The maximum Gasteiger partial charge on any atom is 0.328 e. The van der Waals surface area contributed by atoms with Crippen molar-refractivity contribution in [2.75, 3.05) is 7.11 Å². The minimum absolute atomic E-state index is 0.267. The zero-order chi connectivity index (χ0) is 15.3. The van der Waals surface area contributed by atoms with Gasteiger partial charge in [0, 0.05) is 10.0 Å². The van der Waals surface area contributed by atoms with Gasteiger partial charge in [-0.25, -0.2) is 4.79 Å². The van der Waals surface area contributed by atoms with Gasteiger partial charge in [0.25, 0.3) is 5.91 Å². The number of aryl methyl sites for hydroxylation is 1. The Hall–Kier alpha value is -1.36. The van der Waals surface area contributed by atoms with Crippen molar-refractivity contribution >= 4 is 27.8 Å². The number of hydrogen-bond donors (Lipinski definition) is 1. The highest BCUT2D eigenvalue weighted by molar-refractivity contribution is 9.10. The first-order valence-electron chi connectivity index (χ1n) is 6.50. The van der Waals surface area contributed by atoms with E-state index in [4.69, 9.17) is 4.74 Å². The van der Waals surface area contributed by atoms with Gasteiger partial charge in [0.15, 0.2) is 0 Å². The second-order valence-electron chi connectivity index (χ2n) is 5.14. The van der Waals surface area contributed by atoms with Crippen molar-refractivity contribution < 1.29 is 14.3 Å². The summed E-state index contributed by atoms with van der Waals surface area (Å²) in [5.74, 6) is -0.399. The molecular weight excluding hydrogens is 322 g/mol. The fourth-order valence-electron chi connectivity index (χ4n) is 1.86. The summed E-state index contributed by atoms with van der Waals surface area (Å²) in [6.07, 6.45) is 0.550. The van der Waals surface area contributed by atoms with Crippen molar-refractivity contribution in [2.24, 2.45) is 5.92 Å². The van der Waals surface area contributed by atoms with Crippen LogP contribution in [0.3, 0.4) is 0 Å². The summed E-state index contributed by atoms with van der Waals surface area (Å²) >= 11 is 3.39. The van der Waals surface area contributed by atoms with E-state index in [1.54, 1.807) is 12.1 Å². The van der Waals surface area contributed by atoms with Gasteiger partial charge < -0.3 is 10.1 Å². The minimum Gasteiger partial charge on any atom is -0.467 e. The van der Waals surface area contributed by atoms with E-state index in [0.717, 1.165) is 10.0 Å². The molecule has 0 fully saturated rings. The van der Waals surface area contributed by atoms with Crippen LogP contribution < -0.4 is 5.32 Å². The summed E-state index contributed by atoms with van der Waals surface area (Å²) < 4.78 is 5.68. The second kappa shape index (κ2) is 7.43. The SMILES string of the molecule is COC(=O)[C@@H](CC(C)C)NC(=O)c1ccc(Br)c(C)c1. The van der Waals surface area contributed by atoms with E-state index < -0.39 is 12.0 Å². The Bertz CT molecular complexity index is 500. The molecule has 0 aromatic heterocycles. The average Bonchev–Trinajstić information content (AvgIpc) is 2.39. The predicted octanol–water partition coefficient (Wildman–Crippen LogP) is 3.08. The molecule has 0 bridgehead atoms. The summed E-state index contributed by atoms with van der Waals surface area (Å²) in [6.45, 7) is 5.89. The van der Waals surface area contributed by atoms with Crippen LogP contribution in [0.5, 0.6) is 0 Å². The summed E-state index contributed by atoms with van der Waals surface area (Å²) in [5.41, 5.74) is 1.50. The van der Waals surface area contributed by atoms with Gasteiger partial charge in [0.05, 0.1) is 7.11 Å². The monoisotopic (exact) mass is 341 g/mol. The maximum absolute atomic E-state index is 12.2. The van der Waals surface area contributed by atoms with Crippen LogP contribution in [0.1, 0.15) is 36.2 Å². The molecule has 0 aliphatic carbocycles. The Morgan fingerprint density at radius 1 is 1.35 bits per heavy atom. The van der Waals surface area contributed by atoms with Crippen molar-refractivity contribution in [3.05, 3.63) is 33.8 Å². The van der Waals surface area contributed by atoms with Crippen molar-refractivity contribution in [3.8, 4) is 0 Å². The molecule has 5 heteroatoms. The minimum atomic E-state index is -0.614. The van der Waals surface area contributed by atoms with Gasteiger partial charge in [0.1, 0.15) is 6.04 Å². The lowest BCUT2D eigenvalue weighted by atomic mass is 10.0. The summed E-state index contributed by atoms with van der Waals surface area (Å²) in [6, 6.07) is 4.70. The van der Waals surface area contributed by atoms with Gasteiger partial charge in [-0.2, -0.15) is 0 Å². The van der Waals surface area contributed by atoms with Crippen LogP contribution in [-0.2, 0) is 9.53 Å². The number of benzene rings is 1. The summed E-state index contributed by atoms with van der Waals surface area (Å²) in [4.78, 5) is 23.9. The van der Waals surface area contributed by atoms with E-state index in [1.165, 1.54) is 7.11 Å². The van der Waals surface area contributed by atoms with E-state index in [9.17, 15) is 9.59 Å². The maximum atomic E-state index is 12.2. The Balaban J connectivity index is 2.84. The fourth-order valence-corrected chi connectivity index (χ4v) is 2.10. The molecule has 1 rings (SSSR count). The van der Waals surface area contributed by atoms with Crippen LogP contribution in [0.2, 0.25) is 0 Å². The van der Waals surface area contributed by atoms with Gasteiger partial charge in [-0.3, -0.25) is 4.79 Å². The molecule has 1 N–H and O–H groups in total. The smallest absolute Gasteiger partial charge is 0.328 e. The molecule has 0 unspecified atom stereocenters. The van der Waals surface area contributed by atoms with E-state index >= 15 is 0 Å². The van der Waals surface area contributed by atoms with Gasteiger partial charge in [-0.15, -0.1) is 0 Å². The molecular formula is C15H20BrNO3. The molecule has 0 radical (unpaired) electrons. The number of amides is 1. The highest BCUT2D eigenvalue weighted by Crippen LogP contribution is 2.17. The lowest BCUT2D eigenvalue weighted by Crippen LogP contribution is -2.42. The number of esters is 1. The first-order valence-corrected chi connectivity index (χ1v) is 7.29. The first kappa shape index (κ1) is 16.7. The molecule has 0 heterocycles. The lowest BCUT2D eigenvalue weighted by molar-refractivity contribution is -0.143. The number of carbonyl (C=O) groups excluding carboxylic acids is 2. The number of carbonyl (C=O) groups is 2. The largest absolute Gasteiger partial charge is 0.467 e. The summed E-state index contributed by atoms with van der Waals surface area (Å²) in [7, 11) is 1.32. The molecule has 0 saturated heterocycles. The third kappa shape index (κ3) is 4.63. The zero-order valence-electron chi connectivity index (χ0n) is 12.2. The molecule has 4 nitrogen and oxygen atoms in total. The van der Waals surface area contributed by atoms with Crippen molar-refractivity contribution in [2.45, 2.75) is 33.2 Å². The number of nitrogens with one attached hydrogen (secondary N) is 1. The highest BCUT2D eigenvalue weighted by Gasteiger charge is 2.23. The second-order valence-corrected chi connectivity index (χ2v) is 6.00. The molecule has 1 atom stereocenters. The molecule has 1 aromatic rings. The standard InChI is InChI=1S/C15H20BrNO3/c1-9(2)7-13(15(19)20-4)17-14(18)11-5-6-12(16)10(3)8-11/h5-6,8-9,13H,7H2,1-4H3,(H,17,18)/t13-/m1/s1. The predicted molar refractivity (Wildman–Crippen MR) is 81.6 cm³/mol. The topological polar surface area (TPSA) is 55.4 Å². The van der Waals surface area contributed by atoms with Crippen molar-refractivity contribution in [3.63, 3.8) is 0 Å². The van der Waals surface area contributed by atoms with Crippen LogP contribution in [-0.4, -0.2) is 25.0 Å². The number of hydrogen-bond acceptors (Lipinski definition) is 3. The van der Waals surface area contributed by atoms with Crippen LogP contribution in [0.15, 0.2) is 22.7 Å². The molecule has 20 heavy (non-hydrogen) atoms. The third-order valence-electron chi connectivity index (χ3n) is 2.92. The Labute approximate surface area is 128 Å². The Kier molecular flexibility index (Phi) is 6.20. The third-order valence-corrected chi connectivity index (χ3v) is 3.81. The van der Waals surface area contributed by atoms with Gasteiger partial charge in [-0.1, -0.05) is 29.8 Å². The molecule has 110 valence electrons. The van der Waals surface area contributed by atoms with Crippen LogP contribution in [0.4, 0.5) is 0 Å². The normalized spacial score (nSPS) is 12.1. The number of ether oxygens (including phenoxy) is 1. The lowest BCUT2D eigenvalue weighted by Gasteiger charge is -2.18. The van der Waals surface area contributed by atoms with E-state index in [-0.39, 0.29) is 11.8 Å². The molecule has 0 aliphatic heterocycles. The number of halogens is 1. The van der Waals surface area contributed by atoms with Crippen LogP contribution in [0, 0.1) is 12.8 Å². The van der Waals surface area contributed by atoms with Crippen LogP contribution in [0.25, 0.3) is 0 Å². The van der Waals surface area contributed by atoms with E-state index in [1.807, 2.05) is 26.8 Å². The Morgan fingerprint density at radius 2 is 2.00 bits per heavy atom. The quantitative estimate of drug-likeness (QED) is 0.837. The molecule has 1 amide bonds. The van der Waals surface area contributed by atoms with Gasteiger partial charge in [-0.05, 0) is 43.0 Å². The highest BCUT2D eigenvalue weighted by atomic mass is 79.9. The van der Waals surface area contributed by atoms with Gasteiger partial charge in [0.2, 0.25) is 0 Å². The number of methoxy groups -OCH3 is 1. The van der Waals surface area contributed by atoms with E-state index in [0.29, 0.717) is 12.0 Å².